The molecule has 0 bridgehead atoms. The van der Waals surface area contributed by atoms with E-state index in [2.05, 4.69) is 49.7 Å². The Morgan fingerprint density at radius 3 is 2.51 bits per heavy atom. The Morgan fingerprint density at radius 2 is 1.82 bits per heavy atom. The highest BCUT2D eigenvalue weighted by molar-refractivity contribution is 7.16. The number of para-hydroxylation sites is 1. The molecule has 1 N–H and O–H groups in total. The number of nitrogens with zero attached hydrogens (tertiary/aromatic N) is 3. The normalized spacial score (nSPS) is 15.0. The van der Waals surface area contributed by atoms with Crippen LogP contribution in [-0.2, 0) is 19.4 Å². The molecular formula is C36H35ClN4O3S. The molecule has 0 saturated heterocycles. The van der Waals surface area contributed by atoms with Gasteiger partial charge in [0.25, 0.3) is 11.6 Å². The lowest BCUT2D eigenvalue weighted by atomic mass is 9.72. The summed E-state index contributed by atoms with van der Waals surface area (Å²) in [6.07, 6.45) is 4.71. The summed E-state index contributed by atoms with van der Waals surface area (Å²) < 4.78 is 2.21. The van der Waals surface area contributed by atoms with Gasteiger partial charge in [-0.1, -0.05) is 62.7 Å². The number of nitro benzene ring substituents is 1. The number of hydrogen-bond acceptors (Lipinski definition) is 5. The van der Waals surface area contributed by atoms with Crippen molar-refractivity contribution in [2.45, 2.75) is 53.5 Å². The predicted molar refractivity (Wildman–Crippen MR) is 185 cm³/mol. The van der Waals surface area contributed by atoms with E-state index in [9.17, 15) is 14.9 Å². The highest BCUT2D eigenvalue weighted by atomic mass is 35.5. The summed E-state index contributed by atoms with van der Waals surface area (Å²) in [6.45, 7) is 9.50. The van der Waals surface area contributed by atoms with Crippen LogP contribution in [0.2, 0.25) is 5.02 Å². The van der Waals surface area contributed by atoms with Crippen LogP contribution in [0, 0.1) is 28.4 Å². The van der Waals surface area contributed by atoms with Gasteiger partial charge in [0.05, 0.1) is 10.5 Å². The van der Waals surface area contributed by atoms with Gasteiger partial charge in [-0.25, -0.2) is 4.99 Å². The number of hydrogen-bond donors (Lipinski definition) is 1. The van der Waals surface area contributed by atoms with Crippen LogP contribution in [-0.4, -0.2) is 21.6 Å². The van der Waals surface area contributed by atoms with E-state index in [1.54, 1.807) is 47.7 Å². The number of non-ortho nitro benzene ring substituents is 1. The number of fused-ring (bicyclic) bond motifs is 2. The molecule has 6 rings (SSSR count). The van der Waals surface area contributed by atoms with Gasteiger partial charge in [0.15, 0.2) is 0 Å². The zero-order valence-electron chi connectivity index (χ0n) is 25.8. The third-order valence-electron chi connectivity index (χ3n) is 8.88. The van der Waals surface area contributed by atoms with Crippen LogP contribution in [0.3, 0.4) is 0 Å². The number of amides is 1. The molecule has 7 nitrogen and oxygen atoms in total. The second-order valence-electron chi connectivity index (χ2n) is 12.7. The summed E-state index contributed by atoms with van der Waals surface area (Å²) in [5, 5.41) is 16.6. The van der Waals surface area contributed by atoms with Gasteiger partial charge in [0, 0.05) is 62.6 Å². The molecule has 0 radical (unpaired) electrons. The number of anilines is 1. The van der Waals surface area contributed by atoms with E-state index in [1.165, 1.54) is 17.0 Å². The summed E-state index contributed by atoms with van der Waals surface area (Å²) in [5.74, 6) is 0.376. The minimum Gasteiger partial charge on any atom is -0.340 e. The maximum Gasteiger partial charge on any atom is 0.269 e. The molecule has 1 amide bonds. The van der Waals surface area contributed by atoms with E-state index in [4.69, 9.17) is 16.6 Å². The zero-order chi connectivity index (χ0) is 31.9. The molecule has 1 aliphatic carbocycles. The Labute approximate surface area is 271 Å². The van der Waals surface area contributed by atoms with Crippen molar-refractivity contribution in [3.05, 3.63) is 121 Å². The molecule has 45 heavy (non-hydrogen) atoms. The average molecular weight is 639 g/mol. The molecule has 3 aromatic carbocycles. The first kappa shape index (κ1) is 30.7. The smallest absolute Gasteiger partial charge is 0.269 e. The number of nitro groups is 1. The molecule has 0 spiro atoms. The summed E-state index contributed by atoms with van der Waals surface area (Å²) in [6, 6.07) is 22.0. The van der Waals surface area contributed by atoms with E-state index in [0.29, 0.717) is 33.7 Å². The van der Waals surface area contributed by atoms with Crippen molar-refractivity contribution in [3.8, 4) is 0 Å². The molecule has 230 valence electrons. The van der Waals surface area contributed by atoms with Crippen molar-refractivity contribution in [2.75, 3.05) is 5.32 Å². The van der Waals surface area contributed by atoms with Crippen LogP contribution < -0.4 is 5.32 Å². The molecule has 5 aromatic rings. The summed E-state index contributed by atoms with van der Waals surface area (Å²) in [7, 11) is 0. The lowest BCUT2D eigenvalue weighted by Gasteiger charge is -2.33. The highest BCUT2D eigenvalue weighted by Crippen LogP contribution is 2.45. The fourth-order valence-corrected chi connectivity index (χ4v) is 7.61. The van der Waals surface area contributed by atoms with Crippen LogP contribution in [0.5, 0.6) is 0 Å². The lowest BCUT2D eigenvalue weighted by molar-refractivity contribution is -0.384. The van der Waals surface area contributed by atoms with Crippen molar-refractivity contribution in [1.29, 1.82) is 0 Å². The average Bonchev–Trinajstić information content (AvgIpc) is 3.51. The standard InChI is InChI=1S/C36H35ClN4O3S/c1-22-30(28-7-5-6-8-31(28)40(22)21-23-9-16-27(17-10-23)41(43)44)20-38-35-33(34(42)39-26-14-12-25(37)13-15-26)29-18-11-24(36(2,3)4)19-32(29)45-35/h5-10,12-17,20,24H,11,18-19,21H2,1-4H3,(H,39,42)/t24-/m0/s1. The maximum atomic E-state index is 13.8. The number of carbonyl (C=O) groups excluding carboxylic acids is 1. The molecular weight excluding hydrogens is 604 g/mol. The molecule has 2 aromatic heterocycles. The Morgan fingerprint density at radius 1 is 1.11 bits per heavy atom. The highest BCUT2D eigenvalue weighted by Gasteiger charge is 2.33. The van der Waals surface area contributed by atoms with Crippen molar-refractivity contribution < 1.29 is 9.72 Å². The third-order valence-corrected chi connectivity index (χ3v) is 10.3. The molecule has 9 heteroatoms. The first-order valence-corrected chi connectivity index (χ1v) is 16.3. The number of aromatic nitrogens is 1. The number of aliphatic imine (C=N–C) groups is 1. The van der Waals surface area contributed by atoms with E-state index < -0.39 is 0 Å². The number of nitrogens with one attached hydrogen (secondary N) is 1. The quantitative estimate of drug-likeness (QED) is 0.109. The SMILES string of the molecule is Cc1c(C=Nc2sc3c(c2C(=O)Nc2ccc(Cl)cc2)CC[C@H](C(C)(C)C)C3)c2ccccc2n1Cc1ccc([N+](=O)[O-])cc1. The Balaban J connectivity index is 1.39. The van der Waals surface area contributed by atoms with Gasteiger partial charge in [-0.2, -0.15) is 0 Å². The first-order valence-electron chi connectivity index (χ1n) is 15.1. The monoisotopic (exact) mass is 638 g/mol. The molecule has 0 fully saturated rings. The molecule has 1 atom stereocenters. The number of carbonyl (C=O) groups is 1. The van der Waals surface area contributed by atoms with Gasteiger partial charge >= 0.3 is 0 Å². The Hall–Kier alpha value is -4.27. The van der Waals surface area contributed by atoms with E-state index in [1.807, 2.05) is 18.3 Å². The lowest BCUT2D eigenvalue weighted by Crippen LogP contribution is -2.27. The Kier molecular flexibility index (Phi) is 8.37. The van der Waals surface area contributed by atoms with Gasteiger partial charge < -0.3 is 9.88 Å². The van der Waals surface area contributed by atoms with Gasteiger partial charge in [-0.05, 0) is 79.0 Å². The predicted octanol–water partition coefficient (Wildman–Crippen LogP) is 9.78. The van der Waals surface area contributed by atoms with Gasteiger partial charge in [-0.3, -0.25) is 14.9 Å². The first-order chi connectivity index (χ1) is 21.5. The number of thiophene rings is 1. The second-order valence-corrected chi connectivity index (χ2v) is 14.3. The fraction of sp³-hybridized carbons (Fsp3) is 0.278. The minimum absolute atomic E-state index is 0.0732. The largest absolute Gasteiger partial charge is 0.340 e. The summed E-state index contributed by atoms with van der Waals surface area (Å²) in [5.41, 5.74) is 6.73. The van der Waals surface area contributed by atoms with Crippen LogP contribution >= 0.6 is 22.9 Å². The van der Waals surface area contributed by atoms with E-state index in [-0.39, 0.29) is 21.9 Å². The van der Waals surface area contributed by atoms with Gasteiger partial charge in [0.2, 0.25) is 0 Å². The molecule has 0 aliphatic heterocycles. The van der Waals surface area contributed by atoms with Crippen molar-refractivity contribution >= 4 is 62.3 Å². The molecule has 0 unspecified atom stereocenters. The number of benzene rings is 3. The zero-order valence-corrected chi connectivity index (χ0v) is 27.3. The topological polar surface area (TPSA) is 89.5 Å². The summed E-state index contributed by atoms with van der Waals surface area (Å²) >= 11 is 7.71. The summed E-state index contributed by atoms with van der Waals surface area (Å²) in [4.78, 5) is 30.9. The second kappa shape index (κ2) is 12.3. The third kappa shape index (κ3) is 6.30. The number of halogens is 1. The van der Waals surface area contributed by atoms with Crippen LogP contribution in [0.15, 0.2) is 77.8 Å². The van der Waals surface area contributed by atoms with E-state index >= 15 is 0 Å². The molecule has 1 aliphatic rings. The van der Waals surface area contributed by atoms with Crippen molar-refractivity contribution in [3.63, 3.8) is 0 Å². The van der Waals surface area contributed by atoms with Crippen LogP contribution in [0.25, 0.3) is 10.9 Å². The van der Waals surface area contributed by atoms with Gasteiger partial charge in [0.1, 0.15) is 5.00 Å². The number of rotatable bonds is 7. The fourth-order valence-electron chi connectivity index (χ4n) is 6.22. The Bertz CT molecular complexity index is 1930. The molecule has 0 saturated carbocycles. The molecule has 2 heterocycles. The van der Waals surface area contributed by atoms with Crippen LogP contribution in [0.4, 0.5) is 16.4 Å². The minimum atomic E-state index is -0.385. The van der Waals surface area contributed by atoms with E-state index in [0.717, 1.165) is 52.5 Å². The van der Waals surface area contributed by atoms with Gasteiger partial charge in [-0.15, -0.1) is 11.3 Å². The maximum absolute atomic E-state index is 13.8. The van der Waals surface area contributed by atoms with Crippen molar-refractivity contribution in [2.24, 2.45) is 16.3 Å². The van der Waals surface area contributed by atoms with Crippen molar-refractivity contribution in [1.82, 2.24) is 4.57 Å². The van der Waals surface area contributed by atoms with Crippen LogP contribution in [0.1, 0.15) is 64.8 Å².